The summed E-state index contributed by atoms with van der Waals surface area (Å²) in [6.45, 7) is 2.01. The third kappa shape index (κ3) is 1.39. The Hall–Kier alpha value is -2.15. The van der Waals surface area contributed by atoms with Gasteiger partial charge in [-0.3, -0.25) is 4.79 Å². The first-order valence-corrected chi connectivity index (χ1v) is 6.71. The molecular formula is C18H14O. The third-order valence-electron chi connectivity index (χ3n) is 4.37. The van der Waals surface area contributed by atoms with E-state index in [-0.39, 0.29) is 5.92 Å². The molecule has 0 saturated heterocycles. The SMILES string of the molecule is CC1C(=O)Cc2c1ccc1c2ccc2ccccc21. The van der Waals surface area contributed by atoms with E-state index in [2.05, 4.69) is 48.5 Å². The number of ketones is 1. The number of carbonyl (C=O) groups excluding carboxylic acids is 1. The molecule has 0 N–H and O–H groups in total. The van der Waals surface area contributed by atoms with Gasteiger partial charge in [0, 0.05) is 12.3 Å². The van der Waals surface area contributed by atoms with Crippen LogP contribution in [0.15, 0.2) is 48.5 Å². The van der Waals surface area contributed by atoms with Gasteiger partial charge in [-0.05, 0) is 32.7 Å². The summed E-state index contributed by atoms with van der Waals surface area (Å²) in [5, 5.41) is 5.04. The molecule has 0 aromatic heterocycles. The van der Waals surface area contributed by atoms with Crippen molar-refractivity contribution in [2.24, 2.45) is 0 Å². The lowest BCUT2D eigenvalue weighted by atomic mass is 9.95. The van der Waals surface area contributed by atoms with Crippen LogP contribution in [0.5, 0.6) is 0 Å². The van der Waals surface area contributed by atoms with Gasteiger partial charge >= 0.3 is 0 Å². The molecule has 0 aliphatic heterocycles. The van der Waals surface area contributed by atoms with Gasteiger partial charge in [0.2, 0.25) is 0 Å². The zero-order valence-electron chi connectivity index (χ0n) is 10.8. The van der Waals surface area contributed by atoms with Gasteiger partial charge in [-0.15, -0.1) is 0 Å². The van der Waals surface area contributed by atoms with Crippen LogP contribution < -0.4 is 0 Å². The second-order valence-electron chi connectivity index (χ2n) is 5.38. The average molecular weight is 246 g/mol. The Balaban J connectivity index is 2.15. The summed E-state index contributed by atoms with van der Waals surface area (Å²) in [6, 6.07) is 17.1. The van der Waals surface area contributed by atoms with Gasteiger partial charge in [-0.2, -0.15) is 0 Å². The van der Waals surface area contributed by atoms with Crippen molar-refractivity contribution in [3.8, 4) is 0 Å². The maximum absolute atomic E-state index is 11.9. The van der Waals surface area contributed by atoms with Crippen molar-refractivity contribution in [2.75, 3.05) is 0 Å². The van der Waals surface area contributed by atoms with Crippen LogP contribution in [0.3, 0.4) is 0 Å². The molecule has 0 radical (unpaired) electrons. The summed E-state index contributed by atoms with van der Waals surface area (Å²) < 4.78 is 0. The Kier molecular flexibility index (Phi) is 2.08. The van der Waals surface area contributed by atoms with E-state index in [1.807, 2.05) is 6.92 Å². The Labute approximate surface area is 111 Å². The topological polar surface area (TPSA) is 17.1 Å². The molecule has 0 amide bonds. The summed E-state index contributed by atoms with van der Waals surface area (Å²) in [6.07, 6.45) is 0.589. The monoisotopic (exact) mass is 246 g/mol. The van der Waals surface area contributed by atoms with E-state index < -0.39 is 0 Å². The number of benzene rings is 3. The third-order valence-corrected chi connectivity index (χ3v) is 4.37. The molecule has 0 bridgehead atoms. The second kappa shape index (κ2) is 3.67. The Morgan fingerprint density at radius 2 is 1.68 bits per heavy atom. The molecule has 0 spiro atoms. The summed E-state index contributed by atoms with van der Waals surface area (Å²) >= 11 is 0. The molecule has 4 rings (SSSR count). The summed E-state index contributed by atoms with van der Waals surface area (Å²) in [7, 11) is 0. The molecule has 3 aromatic carbocycles. The molecule has 0 saturated carbocycles. The Morgan fingerprint density at radius 3 is 2.58 bits per heavy atom. The van der Waals surface area contributed by atoms with Crippen molar-refractivity contribution in [3.63, 3.8) is 0 Å². The van der Waals surface area contributed by atoms with E-state index in [1.54, 1.807) is 0 Å². The standard InChI is InChI=1S/C18H14O/c1-11-13-8-9-15-14-5-3-2-4-12(14)6-7-16(15)17(13)10-18(11)19/h2-9,11H,10H2,1H3. The normalized spacial score (nSPS) is 18.2. The largest absolute Gasteiger partial charge is 0.299 e. The van der Waals surface area contributed by atoms with Gasteiger partial charge in [-0.25, -0.2) is 0 Å². The smallest absolute Gasteiger partial charge is 0.144 e. The van der Waals surface area contributed by atoms with Crippen molar-refractivity contribution in [2.45, 2.75) is 19.3 Å². The van der Waals surface area contributed by atoms with Gasteiger partial charge in [-0.1, -0.05) is 55.5 Å². The minimum absolute atomic E-state index is 0.0610. The molecule has 1 heteroatoms. The maximum Gasteiger partial charge on any atom is 0.144 e. The lowest BCUT2D eigenvalue weighted by Gasteiger charge is -2.09. The molecule has 1 atom stereocenters. The molecule has 0 fully saturated rings. The van der Waals surface area contributed by atoms with Crippen molar-refractivity contribution in [3.05, 3.63) is 59.7 Å². The predicted molar refractivity (Wildman–Crippen MR) is 78.6 cm³/mol. The fraction of sp³-hybridized carbons (Fsp3) is 0.167. The first-order chi connectivity index (χ1) is 9.25. The highest BCUT2D eigenvalue weighted by Gasteiger charge is 2.28. The Morgan fingerprint density at radius 1 is 0.895 bits per heavy atom. The average Bonchev–Trinajstić information content (AvgIpc) is 2.74. The molecule has 1 aliphatic carbocycles. The van der Waals surface area contributed by atoms with Gasteiger partial charge in [0.25, 0.3) is 0 Å². The summed E-state index contributed by atoms with van der Waals surface area (Å²) in [5.74, 6) is 0.404. The number of Topliss-reactive ketones (excluding diaryl/α,β-unsaturated/α-hetero) is 1. The molecule has 0 heterocycles. The zero-order valence-corrected chi connectivity index (χ0v) is 10.8. The van der Waals surface area contributed by atoms with Crippen molar-refractivity contribution in [1.82, 2.24) is 0 Å². The minimum atomic E-state index is 0.0610. The van der Waals surface area contributed by atoms with Gasteiger partial charge in [0.05, 0.1) is 0 Å². The predicted octanol–water partition coefficient (Wildman–Crippen LogP) is 4.22. The number of hydrogen-bond donors (Lipinski definition) is 0. The fourth-order valence-corrected chi connectivity index (χ4v) is 3.27. The Bertz CT molecular complexity index is 830. The zero-order chi connectivity index (χ0) is 13.0. The molecular weight excluding hydrogens is 232 g/mol. The number of rotatable bonds is 0. The fourth-order valence-electron chi connectivity index (χ4n) is 3.27. The molecule has 92 valence electrons. The van der Waals surface area contributed by atoms with Gasteiger partial charge in [0.15, 0.2) is 0 Å². The van der Waals surface area contributed by atoms with Crippen molar-refractivity contribution >= 4 is 27.3 Å². The molecule has 1 aliphatic rings. The van der Waals surface area contributed by atoms with Crippen LogP contribution in [0.1, 0.15) is 24.0 Å². The highest BCUT2D eigenvalue weighted by Crippen LogP contribution is 2.37. The second-order valence-corrected chi connectivity index (χ2v) is 5.38. The van der Waals surface area contributed by atoms with Gasteiger partial charge < -0.3 is 0 Å². The first-order valence-electron chi connectivity index (χ1n) is 6.71. The van der Waals surface area contributed by atoms with E-state index in [0.29, 0.717) is 12.2 Å². The molecule has 1 unspecified atom stereocenters. The van der Waals surface area contributed by atoms with Crippen molar-refractivity contribution in [1.29, 1.82) is 0 Å². The first kappa shape index (κ1) is 10.7. The van der Waals surface area contributed by atoms with Crippen LogP contribution in [0.2, 0.25) is 0 Å². The van der Waals surface area contributed by atoms with Crippen LogP contribution in [0.25, 0.3) is 21.5 Å². The minimum Gasteiger partial charge on any atom is -0.299 e. The van der Waals surface area contributed by atoms with Crippen LogP contribution in [-0.4, -0.2) is 5.78 Å². The maximum atomic E-state index is 11.9. The highest BCUT2D eigenvalue weighted by molar-refractivity contribution is 6.11. The van der Waals surface area contributed by atoms with E-state index in [0.717, 1.165) is 0 Å². The number of hydrogen-bond acceptors (Lipinski definition) is 1. The van der Waals surface area contributed by atoms with E-state index in [1.165, 1.54) is 32.7 Å². The lowest BCUT2D eigenvalue weighted by molar-refractivity contribution is -0.118. The highest BCUT2D eigenvalue weighted by atomic mass is 16.1. The number of fused-ring (bicyclic) bond motifs is 5. The number of carbonyl (C=O) groups is 1. The molecule has 1 nitrogen and oxygen atoms in total. The van der Waals surface area contributed by atoms with E-state index >= 15 is 0 Å². The van der Waals surface area contributed by atoms with Crippen LogP contribution in [0.4, 0.5) is 0 Å². The molecule has 3 aromatic rings. The van der Waals surface area contributed by atoms with E-state index in [4.69, 9.17) is 0 Å². The van der Waals surface area contributed by atoms with Crippen LogP contribution in [0, 0.1) is 0 Å². The summed E-state index contributed by atoms with van der Waals surface area (Å²) in [5.41, 5.74) is 2.45. The van der Waals surface area contributed by atoms with Crippen LogP contribution in [-0.2, 0) is 11.2 Å². The van der Waals surface area contributed by atoms with Gasteiger partial charge in [0.1, 0.15) is 5.78 Å². The van der Waals surface area contributed by atoms with E-state index in [9.17, 15) is 4.79 Å². The van der Waals surface area contributed by atoms with Crippen LogP contribution >= 0.6 is 0 Å². The quantitative estimate of drug-likeness (QED) is 0.543. The van der Waals surface area contributed by atoms with Crippen molar-refractivity contribution < 1.29 is 4.79 Å². The molecule has 19 heavy (non-hydrogen) atoms. The summed E-state index contributed by atoms with van der Waals surface area (Å²) in [4.78, 5) is 11.9. The lowest BCUT2D eigenvalue weighted by Crippen LogP contribution is -2.00.